The average Bonchev–Trinajstić information content (AvgIpc) is 2.79. The third-order valence-corrected chi connectivity index (χ3v) is 3.42. The van der Waals surface area contributed by atoms with Crippen LogP contribution in [0.5, 0.6) is 0 Å². The first-order valence-corrected chi connectivity index (χ1v) is 6.89. The predicted molar refractivity (Wildman–Crippen MR) is 80.2 cm³/mol. The van der Waals surface area contributed by atoms with Crippen molar-refractivity contribution in [3.05, 3.63) is 41.1 Å². The highest BCUT2D eigenvalue weighted by atomic mass is 35.5. The van der Waals surface area contributed by atoms with Crippen LogP contribution in [0.15, 0.2) is 24.4 Å². The molecule has 1 aromatic heterocycles. The van der Waals surface area contributed by atoms with Gasteiger partial charge in [0.15, 0.2) is 0 Å². The van der Waals surface area contributed by atoms with Gasteiger partial charge in [0.1, 0.15) is 0 Å². The molecular formula is C15H19ClN2. The van der Waals surface area contributed by atoms with E-state index in [-0.39, 0.29) is 0 Å². The molecule has 1 aromatic carbocycles. The highest BCUT2D eigenvalue weighted by molar-refractivity contribution is 6.19. The number of rotatable bonds is 5. The number of aromatic nitrogens is 1. The molecule has 18 heavy (non-hydrogen) atoms. The van der Waals surface area contributed by atoms with Gasteiger partial charge in [0.2, 0.25) is 0 Å². The lowest BCUT2D eigenvalue weighted by Crippen LogP contribution is -2.01. The maximum atomic E-state index is 5.70. The highest BCUT2D eigenvalue weighted by Gasteiger charge is 2.08. The van der Waals surface area contributed by atoms with E-state index >= 15 is 0 Å². The van der Waals surface area contributed by atoms with E-state index in [2.05, 4.69) is 36.3 Å². The van der Waals surface area contributed by atoms with Crippen LogP contribution in [0.2, 0.25) is 0 Å². The van der Waals surface area contributed by atoms with Crippen molar-refractivity contribution < 1.29 is 0 Å². The van der Waals surface area contributed by atoms with E-state index in [1.54, 1.807) is 0 Å². The lowest BCUT2D eigenvalue weighted by atomic mass is 9.99. The molecule has 0 atom stereocenters. The fourth-order valence-electron chi connectivity index (χ4n) is 2.40. The lowest BCUT2D eigenvalue weighted by molar-refractivity contribution is 0.976. The van der Waals surface area contributed by atoms with Crippen LogP contribution in [0.3, 0.4) is 0 Å². The molecule has 2 aromatic rings. The number of aromatic amines is 1. The van der Waals surface area contributed by atoms with Gasteiger partial charge in [-0.05, 0) is 36.1 Å². The Bertz CT molecular complexity index is 555. The summed E-state index contributed by atoms with van der Waals surface area (Å²) in [4.78, 5) is 3.39. The summed E-state index contributed by atoms with van der Waals surface area (Å²) in [7, 11) is 0. The van der Waals surface area contributed by atoms with Crippen LogP contribution in [0.1, 0.15) is 23.6 Å². The number of halogens is 1. The van der Waals surface area contributed by atoms with Crippen molar-refractivity contribution in [1.29, 1.82) is 0 Å². The van der Waals surface area contributed by atoms with Crippen molar-refractivity contribution in [2.75, 3.05) is 12.4 Å². The first-order valence-electron chi connectivity index (χ1n) is 6.36. The number of H-pyrrole nitrogens is 1. The summed E-state index contributed by atoms with van der Waals surface area (Å²) < 4.78 is 0. The monoisotopic (exact) mass is 262 g/mol. The standard InChI is InChI=1S/C15H19ClN2/c1-2-13-11(4-3-8-16)5-6-14-12(7-9-17)10-18-15(13)14/h3-6,10,18H,2,7-9,17H2,1H3. The number of nitrogens with one attached hydrogen (secondary N) is 1. The molecule has 3 N–H and O–H groups in total. The molecule has 0 saturated carbocycles. The van der Waals surface area contributed by atoms with Crippen LogP contribution < -0.4 is 5.73 Å². The second-order valence-corrected chi connectivity index (χ2v) is 4.63. The van der Waals surface area contributed by atoms with E-state index in [4.69, 9.17) is 17.3 Å². The summed E-state index contributed by atoms with van der Waals surface area (Å²) in [5, 5.41) is 1.29. The van der Waals surface area contributed by atoms with Gasteiger partial charge in [-0.1, -0.05) is 31.2 Å². The van der Waals surface area contributed by atoms with E-state index in [9.17, 15) is 0 Å². The Kier molecular flexibility index (Phi) is 4.45. The van der Waals surface area contributed by atoms with Gasteiger partial charge in [0.05, 0.1) is 0 Å². The van der Waals surface area contributed by atoms with E-state index < -0.39 is 0 Å². The van der Waals surface area contributed by atoms with E-state index in [1.165, 1.54) is 27.6 Å². The summed E-state index contributed by atoms with van der Waals surface area (Å²) in [5.74, 6) is 0.546. The number of hydrogen-bond acceptors (Lipinski definition) is 1. The normalized spacial score (nSPS) is 11.7. The number of aryl methyl sites for hydroxylation is 1. The van der Waals surface area contributed by atoms with Gasteiger partial charge >= 0.3 is 0 Å². The highest BCUT2D eigenvalue weighted by Crippen LogP contribution is 2.26. The number of fused-ring (bicyclic) bond motifs is 1. The van der Waals surface area contributed by atoms with Crippen molar-refractivity contribution in [2.24, 2.45) is 5.73 Å². The Morgan fingerprint density at radius 3 is 2.89 bits per heavy atom. The smallest absolute Gasteiger partial charge is 0.0495 e. The Hall–Kier alpha value is -1.25. The zero-order valence-corrected chi connectivity index (χ0v) is 11.4. The maximum absolute atomic E-state index is 5.70. The molecule has 0 amide bonds. The molecule has 0 aliphatic carbocycles. The molecule has 1 heterocycles. The van der Waals surface area contributed by atoms with E-state index in [0.29, 0.717) is 12.4 Å². The van der Waals surface area contributed by atoms with Gasteiger partial charge in [0.25, 0.3) is 0 Å². The second kappa shape index (κ2) is 6.07. The van der Waals surface area contributed by atoms with Crippen LogP contribution in [-0.4, -0.2) is 17.4 Å². The second-order valence-electron chi connectivity index (χ2n) is 4.32. The number of nitrogens with two attached hydrogens (primary N) is 1. The molecule has 2 rings (SSSR count). The molecule has 96 valence electrons. The molecule has 0 saturated heterocycles. The SMILES string of the molecule is CCc1c(C=CCCl)ccc2c(CCN)c[nH]c12. The predicted octanol–water partition coefficient (Wildman–Crippen LogP) is 3.48. The largest absolute Gasteiger partial charge is 0.361 e. The minimum Gasteiger partial charge on any atom is -0.361 e. The molecule has 0 radical (unpaired) electrons. The third kappa shape index (κ3) is 2.45. The summed E-state index contributed by atoms with van der Waals surface area (Å²) >= 11 is 5.70. The summed E-state index contributed by atoms with van der Waals surface area (Å²) in [6, 6.07) is 4.34. The zero-order chi connectivity index (χ0) is 13.0. The van der Waals surface area contributed by atoms with E-state index in [0.717, 1.165) is 12.8 Å². The molecule has 0 fully saturated rings. The van der Waals surface area contributed by atoms with Crippen molar-refractivity contribution in [3.63, 3.8) is 0 Å². The van der Waals surface area contributed by atoms with Crippen LogP contribution in [-0.2, 0) is 12.8 Å². The summed E-state index contributed by atoms with van der Waals surface area (Å²) in [6.07, 6.45) is 8.06. The van der Waals surface area contributed by atoms with Crippen molar-refractivity contribution in [1.82, 2.24) is 4.98 Å². The third-order valence-electron chi connectivity index (χ3n) is 3.24. The molecule has 0 bridgehead atoms. The van der Waals surface area contributed by atoms with E-state index in [1.807, 2.05) is 6.08 Å². The zero-order valence-electron chi connectivity index (χ0n) is 10.7. The quantitative estimate of drug-likeness (QED) is 0.796. The number of alkyl halides is 1. The van der Waals surface area contributed by atoms with Crippen molar-refractivity contribution >= 4 is 28.6 Å². The van der Waals surface area contributed by atoms with Crippen LogP contribution in [0, 0.1) is 0 Å². The molecule has 0 aliphatic heterocycles. The molecule has 0 aliphatic rings. The minimum atomic E-state index is 0.546. The average molecular weight is 263 g/mol. The molecule has 3 heteroatoms. The van der Waals surface area contributed by atoms with Gasteiger partial charge in [-0.15, -0.1) is 11.6 Å². The number of allylic oxidation sites excluding steroid dienone is 1. The number of hydrogen-bond donors (Lipinski definition) is 2. The Morgan fingerprint density at radius 2 is 2.22 bits per heavy atom. The van der Waals surface area contributed by atoms with Gasteiger partial charge in [-0.25, -0.2) is 0 Å². The fraction of sp³-hybridized carbons (Fsp3) is 0.333. The van der Waals surface area contributed by atoms with Gasteiger partial charge in [0, 0.05) is 23.0 Å². The number of benzene rings is 1. The molecule has 0 spiro atoms. The summed E-state index contributed by atoms with van der Waals surface area (Å²) in [5.41, 5.74) is 10.8. The van der Waals surface area contributed by atoms with Crippen LogP contribution in [0.4, 0.5) is 0 Å². The fourth-order valence-corrected chi connectivity index (χ4v) is 2.49. The maximum Gasteiger partial charge on any atom is 0.0495 e. The topological polar surface area (TPSA) is 41.8 Å². The van der Waals surface area contributed by atoms with Crippen LogP contribution >= 0.6 is 11.6 Å². The first kappa shape index (κ1) is 13.2. The molecule has 2 nitrogen and oxygen atoms in total. The molecule has 0 unspecified atom stereocenters. The summed E-state index contributed by atoms with van der Waals surface area (Å²) in [6.45, 7) is 2.86. The molecular weight excluding hydrogens is 244 g/mol. The Morgan fingerprint density at radius 1 is 1.39 bits per heavy atom. The van der Waals surface area contributed by atoms with Crippen molar-refractivity contribution in [3.8, 4) is 0 Å². The Labute approximate surface area is 113 Å². The van der Waals surface area contributed by atoms with Gasteiger partial charge in [-0.3, -0.25) is 0 Å². The van der Waals surface area contributed by atoms with Gasteiger partial charge < -0.3 is 10.7 Å². The van der Waals surface area contributed by atoms with Gasteiger partial charge in [-0.2, -0.15) is 0 Å². The Balaban J connectivity index is 2.54. The van der Waals surface area contributed by atoms with Crippen molar-refractivity contribution in [2.45, 2.75) is 19.8 Å². The lowest BCUT2D eigenvalue weighted by Gasteiger charge is -2.06. The minimum absolute atomic E-state index is 0.546. The van der Waals surface area contributed by atoms with Crippen LogP contribution in [0.25, 0.3) is 17.0 Å². The first-order chi connectivity index (χ1) is 8.81.